The first-order valence-corrected chi connectivity index (χ1v) is 8.15. The van der Waals surface area contributed by atoms with Gasteiger partial charge in [0.1, 0.15) is 17.8 Å². The van der Waals surface area contributed by atoms with E-state index in [0.717, 1.165) is 41.1 Å². The second kappa shape index (κ2) is 5.96. The van der Waals surface area contributed by atoms with Crippen LogP contribution >= 0.6 is 0 Å². The molecule has 0 bridgehead atoms. The lowest BCUT2D eigenvalue weighted by atomic mass is 10.0. The van der Waals surface area contributed by atoms with Crippen LogP contribution in [-0.2, 0) is 0 Å². The fourth-order valence-corrected chi connectivity index (χ4v) is 3.34. The Labute approximate surface area is 139 Å². The summed E-state index contributed by atoms with van der Waals surface area (Å²) in [5, 5.41) is 10.2. The number of aromatic carboxylic acids is 1. The van der Waals surface area contributed by atoms with E-state index in [1.54, 1.807) is 24.5 Å². The summed E-state index contributed by atoms with van der Waals surface area (Å²) in [4.78, 5) is 25.6. The van der Waals surface area contributed by atoms with E-state index < -0.39 is 5.97 Å². The number of nitrogens with zero attached hydrogens (tertiary/aromatic N) is 3. The van der Waals surface area contributed by atoms with Crippen LogP contribution in [0.2, 0.25) is 0 Å². The number of carboxylic acid groups (broad SMARTS) is 1. The number of hydrogen-bond acceptors (Lipinski definition) is 4. The Kier molecular flexibility index (Phi) is 3.65. The molecule has 6 heteroatoms. The molecule has 2 N–H and O–H groups in total. The number of fused-ring (bicyclic) bond motifs is 1. The molecule has 24 heavy (non-hydrogen) atoms. The number of aromatic amines is 1. The third-order valence-electron chi connectivity index (χ3n) is 4.53. The summed E-state index contributed by atoms with van der Waals surface area (Å²) in [5.41, 5.74) is 2.85. The molecule has 6 nitrogen and oxygen atoms in total. The largest absolute Gasteiger partial charge is 0.478 e. The Bertz CT molecular complexity index is 897. The highest BCUT2D eigenvalue weighted by molar-refractivity contribution is 6.02. The van der Waals surface area contributed by atoms with Crippen LogP contribution in [0.3, 0.4) is 0 Å². The van der Waals surface area contributed by atoms with Gasteiger partial charge in [0.05, 0.1) is 10.9 Å². The van der Waals surface area contributed by atoms with Crippen molar-refractivity contribution in [3.63, 3.8) is 0 Å². The van der Waals surface area contributed by atoms with Gasteiger partial charge in [-0.3, -0.25) is 0 Å². The van der Waals surface area contributed by atoms with Crippen molar-refractivity contribution in [3.05, 3.63) is 42.4 Å². The first-order chi connectivity index (χ1) is 11.7. The molecule has 1 aromatic carbocycles. The number of nitrogens with one attached hydrogen (secondary N) is 1. The molecular weight excluding hydrogens is 304 g/mol. The normalized spacial score (nSPS) is 14.9. The van der Waals surface area contributed by atoms with Gasteiger partial charge in [0.25, 0.3) is 0 Å². The lowest BCUT2D eigenvalue weighted by molar-refractivity contribution is 0.0697. The number of benzene rings is 1. The summed E-state index contributed by atoms with van der Waals surface area (Å²) in [6.07, 6.45) is 7.05. The lowest BCUT2D eigenvalue weighted by Gasteiger charge is -2.28. The van der Waals surface area contributed by atoms with E-state index in [4.69, 9.17) is 0 Å². The SMILES string of the molecule is O=C(O)c1cccc(-c2c[nH]c3ncnc(N4CCCCC4)c23)c1. The Morgan fingerprint density at radius 3 is 2.79 bits per heavy atom. The molecule has 1 saturated heterocycles. The minimum atomic E-state index is -0.927. The van der Waals surface area contributed by atoms with Gasteiger partial charge in [-0.25, -0.2) is 14.8 Å². The van der Waals surface area contributed by atoms with Gasteiger partial charge >= 0.3 is 5.97 Å². The standard InChI is InChI=1S/C18H18N4O2/c23-18(24)13-6-4-5-12(9-13)14-10-19-16-15(14)17(21-11-20-16)22-7-2-1-3-8-22/h4-6,9-11H,1-3,7-8H2,(H,23,24)(H,19,20,21). The molecular formula is C18H18N4O2. The third-order valence-corrected chi connectivity index (χ3v) is 4.53. The van der Waals surface area contributed by atoms with Crippen LogP contribution in [0.25, 0.3) is 22.2 Å². The van der Waals surface area contributed by atoms with Crippen molar-refractivity contribution in [3.8, 4) is 11.1 Å². The van der Waals surface area contributed by atoms with Crippen LogP contribution in [-0.4, -0.2) is 39.1 Å². The monoisotopic (exact) mass is 322 g/mol. The first-order valence-electron chi connectivity index (χ1n) is 8.15. The molecule has 0 radical (unpaired) electrons. The molecule has 2 aromatic heterocycles. The number of piperidine rings is 1. The highest BCUT2D eigenvalue weighted by Crippen LogP contribution is 2.34. The Morgan fingerprint density at radius 1 is 1.17 bits per heavy atom. The maximum Gasteiger partial charge on any atom is 0.335 e. The van der Waals surface area contributed by atoms with Crippen LogP contribution < -0.4 is 4.90 Å². The second-order valence-electron chi connectivity index (χ2n) is 6.06. The zero-order chi connectivity index (χ0) is 16.5. The molecule has 1 aliphatic rings. The van der Waals surface area contributed by atoms with E-state index in [9.17, 15) is 9.90 Å². The van der Waals surface area contributed by atoms with Crippen LogP contribution in [0.4, 0.5) is 5.82 Å². The number of carbonyl (C=O) groups is 1. The number of hydrogen-bond donors (Lipinski definition) is 2. The zero-order valence-corrected chi connectivity index (χ0v) is 13.2. The molecule has 0 amide bonds. The zero-order valence-electron chi connectivity index (χ0n) is 13.2. The minimum absolute atomic E-state index is 0.276. The van der Waals surface area contributed by atoms with Crippen molar-refractivity contribution in [1.82, 2.24) is 15.0 Å². The summed E-state index contributed by atoms with van der Waals surface area (Å²) in [5.74, 6) is 0.000809. The topological polar surface area (TPSA) is 82.1 Å². The molecule has 0 unspecified atom stereocenters. The van der Waals surface area contributed by atoms with Crippen molar-refractivity contribution in [2.75, 3.05) is 18.0 Å². The number of H-pyrrole nitrogens is 1. The molecule has 0 saturated carbocycles. The molecule has 0 spiro atoms. The van der Waals surface area contributed by atoms with E-state index in [1.165, 1.54) is 19.3 Å². The molecule has 3 heterocycles. The average molecular weight is 322 g/mol. The second-order valence-corrected chi connectivity index (χ2v) is 6.06. The molecule has 1 aliphatic heterocycles. The summed E-state index contributed by atoms with van der Waals surface area (Å²) in [6.45, 7) is 1.98. The van der Waals surface area contributed by atoms with E-state index in [0.29, 0.717) is 0 Å². The van der Waals surface area contributed by atoms with Crippen molar-refractivity contribution >= 4 is 22.8 Å². The van der Waals surface area contributed by atoms with Gasteiger partial charge in [0.15, 0.2) is 0 Å². The predicted octanol–water partition coefficient (Wildman–Crippen LogP) is 3.31. The first kappa shape index (κ1) is 14.7. The van der Waals surface area contributed by atoms with Gasteiger partial charge < -0.3 is 15.0 Å². The van der Waals surface area contributed by atoms with Gasteiger partial charge in [-0.15, -0.1) is 0 Å². The lowest BCUT2D eigenvalue weighted by Crippen LogP contribution is -2.30. The highest BCUT2D eigenvalue weighted by Gasteiger charge is 2.19. The van der Waals surface area contributed by atoms with Crippen LogP contribution in [0.1, 0.15) is 29.6 Å². The number of anilines is 1. The Hall–Kier alpha value is -2.89. The van der Waals surface area contributed by atoms with Crippen LogP contribution in [0.15, 0.2) is 36.8 Å². The molecule has 3 aromatic rings. The predicted molar refractivity (Wildman–Crippen MR) is 92.3 cm³/mol. The molecule has 122 valence electrons. The number of carboxylic acids is 1. The van der Waals surface area contributed by atoms with Crippen molar-refractivity contribution < 1.29 is 9.90 Å². The van der Waals surface area contributed by atoms with Crippen LogP contribution in [0, 0.1) is 0 Å². The highest BCUT2D eigenvalue weighted by atomic mass is 16.4. The molecule has 4 rings (SSSR count). The number of rotatable bonds is 3. The Balaban J connectivity index is 1.87. The van der Waals surface area contributed by atoms with Gasteiger partial charge in [-0.05, 0) is 37.0 Å². The third kappa shape index (κ3) is 2.50. The van der Waals surface area contributed by atoms with Crippen molar-refractivity contribution in [2.24, 2.45) is 0 Å². The fraction of sp³-hybridized carbons (Fsp3) is 0.278. The van der Waals surface area contributed by atoms with E-state index in [2.05, 4.69) is 19.9 Å². The van der Waals surface area contributed by atoms with E-state index >= 15 is 0 Å². The molecule has 0 aliphatic carbocycles. The average Bonchev–Trinajstić information content (AvgIpc) is 3.07. The van der Waals surface area contributed by atoms with Gasteiger partial charge in [-0.1, -0.05) is 12.1 Å². The van der Waals surface area contributed by atoms with Crippen molar-refractivity contribution in [2.45, 2.75) is 19.3 Å². The molecule has 1 fully saturated rings. The van der Waals surface area contributed by atoms with Gasteiger partial charge in [-0.2, -0.15) is 0 Å². The summed E-state index contributed by atoms with van der Waals surface area (Å²) in [7, 11) is 0. The van der Waals surface area contributed by atoms with Crippen LogP contribution in [0.5, 0.6) is 0 Å². The van der Waals surface area contributed by atoms with Gasteiger partial charge in [0.2, 0.25) is 0 Å². The fourth-order valence-electron chi connectivity index (χ4n) is 3.34. The summed E-state index contributed by atoms with van der Waals surface area (Å²) in [6, 6.07) is 6.98. The van der Waals surface area contributed by atoms with Crippen molar-refractivity contribution in [1.29, 1.82) is 0 Å². The smallest absolute Gasteiger partial charge is 0.335 e. The minimum Gasteiger partial charge on any atom is -0.478 e. The van der Waals surface area contributed by atoms with Gasteiger partial charge in [0, 0.05) is 24.8 Å². The Morgan fingerprint density at radius 2 is 2.00 bits per heavy atom. The summed E-state index contributed by atoms with van der Waals surface area (Å²) >= 11 is 0. The quantitative estimate of drug-likeness (QED) is 0.773. The van der Waals surface area contributed by atoms with E-state index in [-0.39, 0.29) is 5.56 Å². The van der Waals surface area contributed by atoms with E-state index in [1.807, 2.05) is 12.3 Å². The maximum atomic E-state index is 11.3. The maximum absolute atomic E-state index is 11.3. The number of aromatic nitrogens is 3. The molecule has 0 atom stereocenters. The summed E-state index contributed by atoms with van der Waals surface area (Å²) < 4.78 is 0.